The number of nitrogens with zero attached hydrogens (tertiary/aromatic N) is 1. The van der Waals surface area contributed by atoms with Gasteiger partial charge in [-0.05, 0) is 36.8 Å². The van der Waals surface area contributed by atoms with Crippen molar-refractivity contribution in [2.24, 2.45) is 5.92 Å². The molecule has 1 aliphatic heterocycles. The molecule has 0 spiro atoms. The fourth-order valence-electron chi connectivity index (χ4n) is 3.29. The smallest absolute Gasteiger partial charge is 0.0441 e. The van der Waals surface area contributed by atoms with Crippen molar-refractivity contribution in [1.82, 2.24) is 10.2 Å². The van der Waals surface area contributed by atoms with E-state index in [9.17, 15) is 0 Å². The lowest BCUT2D eigenvalue weighted by molar-refractivity contribution is 0.100. The Hall–Kier alpha value is -0.380. The highest BCUT2D eigenvalue weighted by Gasteiger charge is 2.30. The van der Waals surface area contributed by atoms with Crippen LogP contribution in [0.15, 0.2) is 17.5 Å². The Bertz CT molecular complexity index is 350. The van der Waals surface area contributed by atoms with Crippen LogP contribution in [0.2, 0.25) is 0 Å². The Morgan fingerprint density at radius 2 is 2.32 bits per heavy atom. The number of hydrogen-bond donors (Lipinski definition) is 1. The number of thiophene rings is 1. The maximum absolute atomic E-state index is 3.64. The molecule has 1 saturated heterocycles. The lowest BCUT2D eigenvalue weighted by Crippen LogP contribution is -2.49. The monoisotopic (exact) mass is 280 g/mol. The summed E-state index contributed by atoms with van der Waals surface area (Å²) in [6, 6.07) is 5.87. The summed E-state index contributed by atoms with van der Waals surface area (Å²) >= 11 is 1.92. The number of likely N-dealkylation sites (tertiary alicyclic amines) is 1. The highest BCUT2D eigenvalue weighted by Crippen LogP contribution is 2.32. The third-order valence-electron chi connectivity index (χ3n) is 4.28. The van der Waals surface area contributed by atoms with Crippen molar-refractivity contribution < 1.29 is 0 Å². The van der Waals surface area contributed by atoms with E-state index in [-0.39, 0.29) is 0 Å². The Kier molecular flexibility index (Phi) is 5.86. The van der Waals surface area contributed by atoms with Crippen molar-refractivity contribution in [3.05, 3.63) is 22.4 Å². The molecule has 1 N–H and O–H groups in total. The minimum atomic E-state index is 0.648. The predicted octanol–water partition coefficient (Wildman–Crippen LogP) is 3.91. The van der Waals surface area contributed by atoms with Gasteiger partial charge in [-0.3, -0.25) is 4.90 Å². The molecule has 19 heavy (non-hydrogen) atoms. The van der Waals surface area contributed by atoms with Crippen molar-refractivity contribution in [1.29, 1.82) is 0 Å². The van der Waals surface area contributed by atoms with Crippen LogP contribution in [0, 0.1) is 5.92 Å². The van der Waals surface area contributed by atoms with E-state index in [0.29, 0.717) is 12.1 Å². The van der Waals surface area contributed by atoms with Crippen molar-refractivity contribution in [3.63, 3.8) is 0 Å². The summed E-state index contributed by atoms with van der Waals surface area (Å²) < 4.78 is 0. The Morgan fingerprint density at radius 3 is 2.89 bits per heavy atom. The minimum absolute atomic E-state index is 0.648. The SMILES string of the molecule is CCCC(c1cccs1)N1CCC(NCC)C(C)C1. The minimum Gasteiger partial charge on any atom is -0.314 e. The molecule has 0 aromatic carbocycles. The molecule has 3 heteroatoms. The molecular weight excluding hydrogens is 252 g/mol. The van der Waals surface area contributed by atoms with Crippen LogP contribution in [-0.2, 0) is 0 Å². The zero-order valence-electron chi connectivity index (χ0n) is 12.6. The van der Waals surface area contributed by atoms with E-state index >= 15 is 0 Å². The van der Waals surface area contributed by atoms with Gasteiger partial charge in [0.2, 0.25) is 0 Å². The molecule has 0 bridgehead atoms. The molecule has 1 fully saturated rings. The first-order valence-corrected chi connectivity index (χ1v) is 8.65. The molecule has 3 atom stereocenters. The van der Waals surface area contributed by atoms with Crippen LogP contribution in [0.5, 0.6) is 0 Å². The zero-order valence-corrected chi connectivity index (χ0v) is 13.4. The molecule has 2 rings (SSSR count). The van der Waals surface area contributed by atoms with Crippen LogP contribution >= 0.6 is 11.3 Å². The highest BCUT2D eigenvalue weighted by molar-refractivity contribution is 7.10. The fraction of sp³-hybridized carbons (Fsp3) is 0.750. The van der Waals surface area contributed by atoms with Crippen LogP contribution in [0.1, 0.15) is 51.0 Å². The van der Waals surface area contributed by atoms with Gasteiger partial charge < -0.3 is 5.32 Å². The fourth-order valence-corrected chi connectivity index (χ4v) is 4.18. The second-order valence-corrected chi connectivity index (χ2v) is 6.72. The molecule has 3 unspecified atom stereocenters. The van der Waals surface area contributed by atoms with Gasteiger partial charge in [0.25, 0.3) is 0 Å². The second-order valence-electron chi connectivity index (χ2n) is 5.74. The van der Waals surface area contributed by atoms with Crippen LogP contribution in [0.3, 0.4) is 0 Å². The van der Waals surface area contributed by atoms with E-state index in [1.165, 1.54) is 32.4 Å². The summed E-state index contributed by atoms with van der Waals surface area (Å²) in [6.45, 7) is 10.5. The summed E-state index contributed by atoms with van der Waals surface area (Å²) in [5.74, 6) is 0.757. The van der Waals surface area contributed by atoms with Gasteiger partial charge in [0.05, 0.1) is 0 Å². The first-order valence-electron chi connectivity index (χ1n) is 7.77. The van der Waals surface area contributed by atoms with Gasteiger partial charge in [-0.15, -0.1) is 11.3 Å². The predicted molar refractivity (Wildman–Crippen MR) is 84.8 cm³/mol. The molecular formula is C16H28N2S. The molecule has 0 saturated carbocycles. The van der Waals surface area contributed by atoms with E-state index in [4.69, 9.17) is 0 Å². The Balaban J connectivity index is 2.00. The summed E-state index contributed by atoms with van der Waals surface area (Å²) in [4.78, 5) is 4.27. The highest BCUT2D eigenvalue weighted by atomic mass is 32.1. The van der Waals surface area contributed by atoms with Crippen molar-refractivity contribution in [2.75, 3.05) is 19.6 Å². The molecule has 1 aliphatic rings. The van der Waals surface area contributed by atoms with E-state index in [0.717, 1.165) is 12.5 Å². The van der Waals surface area contributed by atoms with E-state index in [1.54, 1.807) is 4.88 Å². The van der Waals surface area contributed by atoms with Crippen molar-refractivity contribution >= 4 is 11.3 Å². The van der Waals surface area contributed by atoms with E-state index in [1.807, 2.05) is 11.3 Å². The molecule has 2 nitrogen and oxygen atoms in total. The number of rotatable bonds is 6. The van der Waals surface area contributed by atoms with Crippen LogP contribution < -0.4 is 5.32 Å². The average Bonchev–Trinajstić information content (AvgIpc) is 2.92. The van der Waals surface area contributed by atoms with Crippen molar-refractivity contribution in [2.45, 2.75) is 52.1 Å². The van der Waals surface area contributed by atoms with Gasteiger partial charge in [0.15, 0.2) is 0 Å². The summed E-state index contributed by atoms with van der Waals surface area (Å²) in [5, 5.41) is 5.85. The van der Waals surface area contributed by atoms with E-state index < -0.39 is 0 Å². The molecule has 0 aliphatic carbocycles. The lowest BCUT2D eigenvalue weighted by atomic mass is 9.92. The third-order valence-corrected chi connectivity index (χ3v) is 5.25. The first-order chi connectivity index (χ1) is 9.26. The lowest BCUT2D eigenvalue weighted by Gasteiger charge is -2.41. The average molecular weight is 280 g/mol. The first kappa shape index (κ1) is 15.0. The number of piperidine rings is 1. The summed E-state index contributed by atoms with van der Waals surface area (Å²) in [7, 11) is 0. The Morgan fingerprint density at radius 1 is 1.47 bits per heavy atom. The standard InChI is InChI=1S/C16H28N2S/c1-4-7-15(16-8-6-11-19-16)18-10-9-14(17-5-2)13(3)12-18/h6,8,11,13-15,17H,4-5,7,9-10,12H2,1-3H3. The van der Waals surface area contributed by atoms with Gasteiger partial charge in [-0.1, -0.05) is 33.3 Å². The topological polar surface area (TPSA) is 15.3 Å². The molecule has 0 radical (unpaired) electrons. The number of hydrogen-bond acceptors (Lipinski definition) is 3. The van der Waals surface area contributed by atoms with Crippen LogP contribution in [0.4, 0.5) is 0 Å². The van der Waals surface area contributed by atoms with Crippen LogP contribution in [0.25, 0.3) is 0 Å². The van der Waals surface area contributed by atoms with Gasteiger partial charge in [0, 0.05) is 30.1 Å². The molecule has 1 aromatic rings. The summed E-state index contributed by atoms with van der Waals surface area (Å²) in [5.41, 5.74) is 0. The normalized spacial score (nSPS) is 26.5. The van der Waals surface area contributed by atoms with Gasteiger partial charge in [-0.2, -0.15) is 0 Å². The molecule has 0 amide bonds. The van der Waals surface area contributed by atoms with Gasteiger partial charge >= 0.3 is 0 Å². The largest absolute Gasteiger partial charge is 0.314 e. The van der Waals surface area contributed by atoms with Crippen LogP contribution in [-0.4, -0.2) is 30.6 Å². The van der Waals surface area contributed by atoms with Gasteiger partial charge in [0.1, 0.15) is 0 Å². The van der Waals surface area contributed by atoms with Gasteiger partial charge in [-0.25, -0.2) is 0 Å². The van der Waals surface area contributed by atoms with Crippen molar-refractivity contribution in [3.8, 4) is 0 Å². The summed E-state index contributed by atoms with van der Waals surface area (Å²) in [6.07, 6.45) is 3.85. The zero-order chi connectivity index (χ0) is 13.7. The maximum Gasteiger partial charge on any atom is 0.0441 e. The molecule has 108 valence electrons. The third kappa shape index (κ3) is 3.80. The molecule has 1 aromatic heterocycles. The quantitative estimate of drug-likeness (QED) is 0.850. The maximum atomic E-state index is 3.64. The van der Waals surface area contributed by atoms with E-state index in [2.05, 4.69) is 48.5 Å². The second kappa shape index (κ2) is 7.41. The molecule has 2 heterocycles. The Labute approximate surface area is 122 Å². The number of nitrogens with one attached hydrogen (secondary N) is 1.